The number of amides is 3. The Morgan fingerprint density at radius 3 is 2.38 bits per heavy atom. The molecule has 3 saturated heterocycles. The predicted octanol–water partition coefficient (Wildman–Crippen LogP) is 6.00. The van der Waals surface area contributed by atoms with Crippen molar-refractivity contribution in [2.24, 2.45) is 0 Å². The molecule has 1 aromatic carbocycles. The number of aromatic nitrogens is 2. The van der Waals surface area contributed by atoms with Crippen molar-refractivity contribution in [2.45, 2.75) is 90.0 Å². The fourth-order valence-electron chi connectivity index (χ4n) is 6.58. The maximum Gasteiger partial charge on any atom is 0.321 e. The minimum absolute atomic E-state index is 0.0279. The molecule has 3 amide bonds. The number of carbonyl (C=O) groups excluding carboxylic acids is 2. The number of benzene rings is 1. The molecule has 252 valence electrons. The number of nitrogens with one attached hydrogen (secondary N) is 2. The van der Waals surface area contributed by atoms with Crippen LogP contribution in [0.3, 0.4) is 0 Å². The molecule has 4 heterocycles. The van der Waals surface area contributed by atoms with Crippen molar-refractivity contribution >= 4 is 23.6 Å². The van der Waals surface area contributed by atoms with E-state index in [1.54, 1.807) is 6.08 Å². The van der Waals surface area contributed by atoms with Crippen LogP contribution in [0, 0.1) is 6.92 Å². The van der Waals surface area contributed by atoms with Crippen LogP contribution in [0.15, 0.2) is 67.4 Å². The van der Waals surface area contributed by atoms with Crippen LogP contribution in [0.2, 0.25) is 0 Å². The molecule has 6 rings (SSSR count). The normalized spacial score (nSPS) is 21.0. The van der Waals surface area contributed by atoms with Gasteiger partial charge < -0.3 is 25.2 Å². The first-order chi connectivity index (χ1) is 22.9. The van der Waals surface area contributed by atoms with Gasteiger partial charge in [0, 0.05) is 86.2 Å². The molecule has 4 fully saturated rings. The quantitative estimate of drug-likeness (QED) is 0.291. The molecular weight excluding hydrogens is 590 g/mol. The van der Waals surface area contributed by atoms with Gasteiger partial charge in [0.25, 0.3) is 5.91 Å². The second kappa shape index (κ2) is 16.2. The number of ether oxygens (including phenoxy) is 1. The Kier molecular flexibility index (Phi) is 11.8. The number of nitrogens with zero attached hydrogens (tertiary/aromatic N) is 5. The number of piperidine rings is 1. The molecule has 10 nitrogen and oxygen atoms in total. The summed E-state index contributed by atoms with van der Waals surface area (Å²) in [6.07, 6.45) is 13.3. The molecule has 47 heavy (non-hydrogen) atoms. The number of aryl methyl sites for hydroxylation is 1. The van der Waals surface area contributed by atoms with E-state index >= 15 is 0 Å². The molecule has 1 saturated carbocycles. The zero-order valence-corrected chi connectivity index (χ0v) is 28.3. The van der Waals surface area contributed by atoms with E-state index in [0.29, 0.717) is 37.3 Å². The second-order valence-electron chi connectivity index (χ2n) is 12.6. The van der Waals surface area contributed by atoms with Crippen LogP contribution in [-0.2, 0) is 11.3 Å². The molecule has 1 aliphatic carbocycles. The lowest BCUT2D eigenvalue weighted by atomic mass is 9.99. The van der Waals surface area contributed by atoms with Crippen molar-refractivity contribution in [2.75, 3.05) is 38.2 Å². The number of likely N-dealkylation sites (tertiary alicyclic amines) is 1. The Bertz CT molecular complexity index is 1420. The van der Waals surface area contributed by atoms with Gasteiger partial charge in [0.05, 0.1) is 6.04 Å². The molecule has 3 aliphatic heterocycles. The summed E-state index contributed by atoms with van der Waals surface area (Å²) in [6, 6.07) is 8.24. The molecule has 10 heteroatoms. The molecule has 1 aromatic heterocycles. The van der Waals surface area contributed by atoms with Gasteiger partial charge >= 0.3 is 6.03 Å². The topological polar surface area (TPSA) is 103 Å². The highest BCUT2D eigenvalue weighted by Crippen LogP contribution is 2.32. The summed E-state index contributed by atoms with van der Waals surface area (Å²) in [4.78, 5) is 42.0. The number of hydrogen-bond acceptors (Lipinski definition) is 7. The summed E-state index contributed by atoms with van der Waals surface area (Å²) >= 11 is 0. The van der Waals surface area contributed by atoms with Gasteiger partial charge in [0.2, 0.25) is 5.95 Å². The maximum absolute atomic E-state index is 13.8. The number of hydrogen-bond donors (Lipinski definition) is 2. The highest BCUT2D eigenvalue weighted by Gasteiger charge is 2.45. The first-order valence-electron chi connectivity index (χ1n) is 17.3. The molecule has 2 N–H and O–H groups in total. The molecule has 0 bridgehead atoms. The van der Waals surface area contributed by atoms with Gasteiger partial charge in [-0.3, -0.25) is 9.69 Å². The Labute approximate surface area is 280 Å². The molecule has 0 spiro atoms. The molecule has 1 atom stereocenters. The van der Waals surface area contributed by atoms with Gasteiger partial charge in [-0.25, -0.2) is 14.8 Å². The lowest BCUT2D eigenvalue weighted by Crippen LogP contribution is -2.50. The summed E-state index contributed by atoms with van der Waals surface area (Å²) in [5.41, 5.74) is 4.47. The van der Waals surface area contributed by atoms with Crippen LogP contribution in [0.5, 0.6) is 0 Å². The van der Waals surface area contributed by atoms with E-state index in [1.807, 2.05) is 63.4 Å². The summed E-state index contributed by atoms with van der Waals surface area (Å²) < 4.78 is 5.57. The summed E-state index contributed by atoms with van der Waals surface area (Å²) in [7, 11) is 0. The second-order valence-corrected chi connectivity index (χ2v) is 12.6. The zero-order valence-electron chi connectivity index (χ0n) is 28.3. The third kappa shape index (κ3) is 8.67. The average Bonchev–Trinajstić information content (AvgIpc) is 3.85. The van der Waals surface area contributed by atoms with Gasteiger partial charge in [-0.2, -0.15) is 0 Å². The van der Waals surface area contributed by atoms with Crippen molar-refractivity contribution in [1.82, 2.24) is 30.0 Å². The van der Waals surface area contributed by atoms with E-state index in [0.717, 1.165) is 80.7 Å². The smallest absolute Gasteiger partial charge is 0.321 e. The molecule has 0 radical (unpaired) electrons. The summed E-state index contributed by atoms with van der Waals surface area (Å²) in [6.45, 7) is 18.8. The van der Waals surface area contributed by atoms with Crippen LogP contribution in [0.25, 0.3) is 0 Å². The predicted molar refractivity (Wildman–Crippen MR) is 187 cm³/mol. The molecule has 4 aliphatic rings. The van der Waals surface area contributed by atoms with Gasteiger partial charge in [-0.1, -0.05) is 45.2 Å². The fraction of sp³-hybridized carbons (Fsp3) is 0.514. The lowest BCUT2D eigenvalue weighted by molar-refractivity contribution is 0.0493. The standard InChI is InChI=1S/C35H45N7O3.C2H6/c1-4-5-6-24(2)32-23-41(30-15-19-45-20-16-30)35(44)42(32)31-13-17-40(18-14-31)22-27-21-36-34(37-25(27)3)39-29-9-7-26(8-10-29)33(43)38-28-11-12-28;1-2/h4-10,21,28,30-32H,1-2,11-20,22-23H2,3H3,(H,38,43)(H,36,37,39);1-2H3/b6-5-;. The lowest BCUT2D eigenvalue weighted by Gasteiger charge is -2.39. The van der Waals surface area contributed by atoms with E-state index in [4.69, 9.17) is 9.72 Å². The molecule has 2 aromatic rings. The summed E-state index contributed by atoms with van der Waals surface area (Å²) in [5, 5.41) is 6.27. The number of rotatable bonds is 11. The van der Waals surface area contributed by atoms with Gasteiger partial charge in [0.1, 0.15) is 0 Å². The van der Waals surface area contributed by atoms with E-state index in [9.17, 15) is 9.59 Å². The van der Waals surface area contributed by atoms with Crippen LogP contribution >= 0.6 is 0 Å². The number of urea groups is 1. The first kappa shape index (κ1) is 34.3. The number of anilines is 2. The van der Waals surface area contributed by atoms with Gasteiger partial charge in [-0.05, 0) is 75.3 Å². The first-order valence-corrected chi connectivity index (χ1v) is 17.3. The third-order valence-corrected chi connectivity index (χ3v) is 9.42. The number of carbonyl (C=O) groups is 2. The Balaban J connectivity index is 0.00000213. The Morgan fingerprint density at radius 1 is 1.04 bits per heavy atom. The number of allylic oxidation sites excluding steroid dienone is 2. The van der Waals surface area contributed by atoms with Crippen molar-refractivity contribution in [1.29, 1.82) is 0 Å². The SMILES string of the molecule is C=C/C=C\C(=C)C1CN(C2CCOCC2)C(=O)N1C1CCN(Cc2cnc(Nc3ccc(C(=O)NC4CC4)cc3)nc2C)CC1.CC. The van der Waals surface area contributed by atoms with E-state index in [-0.39, 0.29) is 30.1 Å². The van der Waals surface area contributed by atoms with Gasteiger partial charge in [-0.15, -0.1) is 0 Å². The van der Waals surface area contributed by atoms with Crippen LogP contribution in [-0.4, -0.2) is 93.6 Å². The van der Waals surface area contributed by atoms with Crippen LogP contribution in [0.1, 0.15) is 74.0 Å². The maximum atomic E-state index is 13.8. The average molecular weight is 642 g/mol. The zero-order chi connectivity index (χ0) is 33.3. The monoisotopic (exact) mass is 641 g/mol. The van der Waals surface area contributed by atoms with E-state index < -0.39 is 0 Å². The fourth-order valence-corrected chi connectivity index (χ4v) is 6.58. The molecule has 1 unspecified atom stereocenters. The van der Waals surface area contributed by atoms with E-state index in [2.05, 4.69) is 43.5 Å². The highest BCUT2D eigenvalue weighted by molar-refractivity contribution is 5.95. The van der Waals surface area contributed by atoms with Crippen molar-refractivity contribution in [3.05, 3.63) is 84.2 Å². The molecular formula is C37H51N7O3. The highest BCUT2D eigenvalue weighted by atomic mass is 16.5. The third-order valence-electron chi connectivity index (χ3n) is 9.42. The van der Waals surface area contributed by atoms with Crippen molar-refractivity contribution in [3.63, 3.8) is 0 Å². The summed E-state index contributed by atoms with van der Waals surface area (Å²) in [5.74, 6) is 0.503. The Hall–Kier alpha value is -4.02. The van der Waals surface area contributed by atoms with Crippen molar-refractivity contribution < 1.29 is 14.3 Å². The van der Waals surface area contributed by atoms with Gasteiger partial charge in [0.15, 0.2) is 0 Å². The Morgan fingerprint density at radius 2 is 1.74 bits per heavy atom. The van der Waals surface area contributed by atoms with Crippen LogP contribution in [0.4, 0.5) is 16.4 Å². The largest absolute Gasteiger partial charge is 0.381 e. The van der Waals surface area contributed by atoms with Crippen molar-refractivity contribution in [3.8, 4) is 0 Å². The van der Waals surface area contributed by atoms with Crippen LogP contribution < -0.4 is 10.6 Å². The van der Waals surface area contributed by atoms with E-state index in [1.165, 1.54) is 0 Å². The minimum atomic E-state index is -0.0283. The minimum Gasteiger partial charge on any atom is -0.381 e.